The number of carboxylic acid groups (broad SMARTS) is 1. The van der Waals surface area contributed by atoms with E-state index in [0.717, 1.165) is 60.7 Å². The molecule has 0 amide bonds. The van der Waals surface area contributed by atoms with Gasteiger partial charge in [-0.1, -0.05) is 43.2 Å². The Balaban J connectivity index is 1.30. The Labute approximate surface area is 243 Å². The van der Waals surface area contributed by atoms with Crippen LogP contribution in [0.4, 0.5) is 5.69 Å². The van der Waals surface area contributed by atoms with Crippen LogP contribution in [-0.2, 0) is 0 Å². The van der Waals surface area contributed by atoms with Gasteiger partial charge in [-0.15, -0.1) is 0 Å². The number of pyridine rings is 1. The summed E-state index contributed by atoms with van der Waals surface area (Å²) in [5.41, 5.74) is 5.67. The average Bonchev–Trinajstić information content (AvgIpc) is 2.90. The van der Waals surface area contributed by atoms with Crippen molar-refractivity contribution in [1.82, 2.24) is 9.88 Å². The van der Waals surface area contributed by atoms with Crippen molar-refractivity contribution in [2.75, 3.05) is 37.6 Å². The predicted molar refractivity (Wildman–Crippen MR) is 160 cm³/mol. The number of rotatable bonds is 7. The lowest BCUT2D eigenvalue weighted by atomic mass is 9.72. The van der Waals surface area contributed by atoms with Crippen molar-refractivity contribution in [2.45, 2.75) is 33.1 Å². The fourth-order valence-electron chi connectivity index (χ4n) is 5.44. The molecule has 2 aliphatic rings. The standard InChI is InChI=1S/C31H33BrClN3O3/c1-31(2)10-9-22(28(17-31)21-3-5-24(33)6-4-21)20-35-11-13-36(14-12-35)25-7-8-27(30(37)38)29(16-25)39-26-15-23(32)18-34-19-26/h3-8,15-16,18-19H,9-14,17,20H2,1-2H3,(H,37,38). The lowest BCUT2D eigenvalue weighted by Crippen LogP contribution is -2.47. The van der Waals surface area contributed by atoms with Gasteiger partial charge in [-0.25, -0.2) is 4.79 Å². The van der Waals surface area contributed by atoms with Gasteiger partial charge in [-0.2, -0.15) is 0 Å². The highest BCUT2D eigenvalue weighted by molar-refractivity contribution is 9.10. The van der Waals surface area contributed by atoms with E-state index in [4.69, 9.17) is 16.3 Å². The summed E-state index contributed by atoms with van der Waals surface area (Å²) in [6.07, 6.45) is 6.62. The Morgan fingerprint density at radius 1 is 1.08 bits per heavy atom. The minimum absolute atomic E-state index is 0.124. The number of nitrogens with zero attached hydrogens (tertiary/aromatic N) is 3. The Morgan fingerprint density at radius 3 is 2.51 bits per heavy atom. The average molecular weight is 611 g/mol. The maximum Gasteiger partial charge on any atom is 0.339 e. The third-order valence-corrected chi connectivity index (χ3v) is 8.32. The van der Waals surface area contributed by atoms with Gasteiger partial charge >= 0.3 is 5.97 Å². The monoisotopic (exact) mass is 609 g/mol. The van der Waals surface area contributed by atoms with Crippen molar-refractivity contribution >= 4 is 44.8 Å². The van der Waals surface area contributed by atoms with Crippen molar-refractivity contribution in [3.8, 4) is 11.5 Å². The minimum atomic E-state index is -1.02. The number of halogens is 2. The number of aromatic carboxylic acids is 1. The number of benzene rings is 2. The van der Waals surface area contributed by atoms with Gasteiger partial charge in [0.15, 0.2) is 0 Å². The summed E-state index contributed by atoms with van der Waals surface area (Å²) in [6, 6.07) is 15.4. The maximum atomic E-state index is 11.8. The third-order valence-electron chi connectivity index (χ3n) is 7.63. The minimum Gasteiger partial charge on any atom is -0.478 e. The second-order valence-corrected chi connectivity index (χ2v) is 12.5. The highest BCUT2D eigenvalue weighted by atomic mass is 79.9. The molecule has 1 N–H and O–H groups in total. The molecule has 0 spiro atoms. The number of carboxylic acids is 1. The van der Waals surface area contributed by atoms with Crippen molar-refractivity contribution in [2.24, 2.45) is 5.41 Å². The van der Waals surface area contributed by atoms with Crippen LogP contribution in [0.15, 0.2) is 71.0 Å². The SMILES string of the molecule is CC1(C)CCC(CN2CCN(c3ccc(C(=O)O)c(Oc4cncc(Br)c4)c3)CC2)=C(c2ccc(Cl)cc2)C1. The van der Waals surface area contributed by atoms with Gasteiger partial charge in [0.2, 0.25) is 0 Å². The van der Waals surface area contributed by atoms with Crippen LogP contribution >= 0.6 is 27.5 Å². The molecule has 3 aromatic rings. The molecule has 0 radical (unpaired) electrons. The van der Waals surface area contributed by atoms with Crippen LogP contribution in [0.25, 0.3) is 5.57 Å². The molecule has 0 bridgehead atoms. The van der Waals surface area contributed by atoms with E-state index >= 15 is 0 Å². The lowest BCUT2D eigenvalue weighted by Gasteiger charge is -2.39. The van der Waals surface area contributed by atoms with Gasteiger partial charge in [0.1, 0.15) is 17.1 Å². The van der Waals surface area contributed by atoms with Crippen molar-refractivity contribution < 1.29 is 14.6 Å². The molecule has 1 aromatic heterocycles. The van der Waals surface area contributed by atoms with Crippen molar-refractivity contribution in [1.29, 1.82) is 0 Å². The zero-order chi connectivity index (χ0) is 27.6. The third kappa shape index (κ3) is 6.83. The summed E-state index contributed by atoms with van der Waals surface area (Å²) in [4.78, 5) is 20.8. The summed E-state index contributed by atoms with van der Waals surface area (Å²) in [6.45, 7) is 9.29. The number of piperazine rings is 1. The van der Waals surface area contributed by atoms with Crippen LogP contribution < -0.4 is 9.64 Å². The fourth-order valence-corrected chi connectivity index (χ4v) is 5.91. The summed E-state index contributed by atoms with van der Waals surface area (Å²) in [5, 5.41) is 10.5. The molecule has 6 nitrogen and oxygen atoms in total. The first-order valence-electron chi connectivity index (χ1n) is 13.3. The number of hydrogen-bond donors (Lipinski definition) is 1. The van der Waals surface area contributed by atoms with E-state index in [1.807, 2.05) is 24.3 Å². The summed E-state index contributed by atoms with van der Waals surface area (Å²) in [7, 11) is 0. The molecule has 1 fully saturated rings. The molecule has 0 atom stereocenters. The van der Waals surface area contributed by atoms with E-state index in [-0.39, 0.29) is 5.56 Å². The van der Waals surface area contributed by atoms with Crippen LogP contribution in [-0.4, -0.2) is 53.7 Å². The predicted octanol–water partition coefficient (Wildman–Crippen LogP) is 7.77. The number of allylic oxidation sites excluding steroid dienone is 1. The molecular formula is C31H33BrClN3O3. The molecule has 1 saturated heterocycles. The van der Waals surface area contributed by atoms with E-state index in [1.54, 1.807) is 24.5 Å². The highest BCUT2D eigenvalue weighted by Crippen LogP contribution is 2.43. The zero-order valence-corrected chi connectivity index (χ0v) is 24.6. The molecular weight excluding hydrogens is 578 g/mol. The Kier molecular flexibility index (Phi) is 8.31. The smallest absolute Gasteiger partial charge is 0.339 e. The molecule has 0 unspecified atom stereocenters. The first-order valence-corrected chi connectivity index (χ1v) is 14.4. The van der Waals surface area contributed by atoms with Gasteiger partial charge in [0.05, 0.1) is 6.20 Å². The molecule has 5 rings (SSSR count). The number of aromatic nitrogens is 1. The molecule has 8 heteroatoms. The van der Waals surface area contributed by atoms with Gasteiger partial charge in [0, 0.05) is 60.2 Å². The summed E-state index contributed by atoms with van der Waals surface area (Å²) < 4.78 is 6.72. The normalized spacial score (nSPS) is 17.8. The fraction of sp³-hybridized carbons (Fsp3) is 0.355. The number of ether oxygens (including phenoxy) is 1. The van der Waals surface area contributed by atoms with Gasteiger partial charge in [-0.3, -0.25) is 9.88 Å². The Hall–Kier alpha value is -2.87. The van der Waals surface area contributed by atoms with Gasteiger partial charge < -0.3 is 14.7 Å². The number of carbonyl (C=O) groups is 1. The van der Waals surface area contributed by atoms with Crippen LogP contribution in [0.1, 0.15) is 49.0 Å². The van der Waals surface area contributed by atoms with E-state index in [9.17, 15) is 9.90 Å². The van der Waals surface area contributed by atoms with Crippen LogP contribution in [0.2, 0.25) is 5.02 Å². The first-order chi connectivity index (χ1) is 18.7. The Bertz CT molecular complexity index is 1380. The van der Waals surface area contributed by atoms with Crippen molar-refractivity contribution in [3.05, 3.63) is 87.1 Å². The van der Waals surface area contributed by atoms with E-state index < -0.39 is 5.97 Å². The molecule has 204 valence electrons. The van der Waals surface area contributed by atoms with E-state index in [2.05, 4.69) is 56.7 Å². The number of anilines is 1. The van der Waals surface area contributed by atoms with Crippen molar-refractivity contribution in [3.63, 3.8) is 0 Å². The maximum absolute atomic E-state index is 11.8. The highest BCUT2D eigenvalue weighted by Gasteiger charge is 2.29. The summed E-state index contributed by atoms with van der Waals surface area (Å²) in [5.74, 6) is -0.232. The molecule has 2 heterocycles. The second kappa shape index (κ2) is 11.7. The van der Waals surface area contributed by atoms with Crippen LogP contribution in [0.5, 0.6) is 11.5 Å². The molecule has 1 aliphatic carbocycles. The summed E-state index contributed by atoms with van der Waals surface area (Å²) >= 11 is 9.56. The van der Waals surface area contributed by atoms with Crippen LogP contribution in [0.3, 0.4) is 0 Å². The van der Waals surface area contributed by atoms with Crippen LogP contribution in [0, 0.1) is 5.41 Å². The van der Waals surface area contributed by atoms with Gasteiger partial charge in [-0.05, 0) is 82.1 Å². The molecule has 2 aromatic carbocycles. The zero-order valence-electron chi connectivity index (χ0n) is 22.3. The van der Waals surface area contributed by atoms with Gasteiger partial charge in [0.25, 0.3) is 0 Å². The first kappa shape index (κ1) is 27.7. The second-order valence-electron chi connectivity index (χ2n) is 11.1. The Morgan fingerprint density at radius 2 is 1.82 bits per heavy atom. The molecule has 39 heavy (non-hydrogen) atoms. The van der Waals surface area contributed by atoms with E-state index in [1.165, 1.54) is 23.1 Å². The lowest BCUT2D eigenvalue weighted by molar-refractivity contribution is 0.0694. The van der Waals surface area contributed by atoms with E-state index in [0.29, 0.717) is 16.9 Å². The molecule has 0 saturated carbocycles. The quantitative estimate of drug-likeness (QED) is 0.295. The number of hydrogen-bond acceptors (Lipinski definition) is 5. The topological polar surface area (TPSA) is 65.9 Å². The largest absolute Gasteiger partial charge is 0.478 e. The molecule has 1 aliphatic heterocycles.